The van der Waals surface area contributed by atoms with E-state index in [0.717, 1.165) is 11.1 Å². The Hall–Kier alpha value is -6.05. The molecule has 20 nitrogen and oxygen atoms in total. The second-order valence-electron chi connectivity index (χ2n) is 17.0. The fourth-order valence-electron chi connectivity index (χ4n) is 8.04. The summed E-state index contributed by atoms with van der Waals surface area (Å²) in [5, 5.41) is 39.7. The van der Waals surface area contributed by atoms with Crippen LogP contribution in [0.3, 0.4) is 0 Å². The van der Waals surface area contributed by atoms with Crippen molar-refractivity contribution in [2.45, 2.75) is 26.9 Å². The molecule has 1 aliphatic rings. The first kappa shape index (κ1) is 60.6. The maximum absolute atomic E-state index is 13.6. The van der Waals surface area contributed by atoms with Crippen LogP contribution in [0.1, 0.15) is 54.4 Å². The van der Waals surface area contributed by atoms with Gasteiger partial charge >= 0.3 is 65.4 Å². The first-order chi connectivity index (χ1) is 37.9. The van der Waals surface area contributed by atoms with Crippen LogP contribution in [0.4, 0.5) is 40.2 Å². The van der Waals surface area contributed by atoms with Gasteiger partial charge in [-0.05, 0) is 95.5 Å². The third-order valence-electron chi connectivity index (χ3n) is 12.0. The van der Waals surface area contributed by atoms with Crippen LogP contribution in [-0.4, -0.2) is 96.4 Å². The summed E-state index contributed by atoms with van der Waals surface area (Å²) in [6.45, 7) is 6.22. The molecule has 8 aromatic rings. The molecule has 5 heterocycles. The maximum Gasteiger partial charge on any atom is 0.334 e. The summed E-state index contributed by atoms with van der Waals surface area (Å²) < 4.78 is 19.4. The zero-order valence-corrected chi connectivity index (χ0v) is 52.3. The summed E-state index contributed by atoms with van der Waals surface area (Å²) in [4.78, 5) is 62.9. The number of nitrogens with zero attached hydrogens (tertiary/aromatic N) is 9. The van der Waals surface area contributed by atoms with Crippen LogP contribution in [0, 0.1) is 34.1 Å². The number of hydrogen-bond donors (Lipinski definition) is 2. The molecule has 9 rings (SSSR count). The second kappa shape index (κ2) is 28.4. The Balaban J connectivity index is 0.000000216. The number of nitrogens with one attached hydrogen (secondary N) is 2. The van der Waals surface area contributed by atoms with Gasteiger partial charge in [-0.15, -0.1) is 10.2 Å². The molecule has 26 heteroatoms. The summed E-state index contributed by atoms with van der Waals surface area (Å²) in [5.74, 6) is 1.30. The first-order valence-electron chi connectivity index (χ1n) is 23.6. The van der Waals surface area contributed by atoms with Gasteiger partial charge in [0.2, 0.25) is 11.6 Å². The molecule has 0 atom stereocenters. The van der Waals surface area contributed by atoms with Gasteiger partial charge in [0.05, 0.1) is 82.9 Å². The molecule has 1 saturated heterocycles. The molecule has 2 N–H and O–H groups in total. The minimum atomic E-state index is -0.499. The van der Waals surface area contributed by atoms with Crippen LogP contribution >= 0.6 is 88.2 Å². The fraction of sp³-hybridized carbons (Fsp3) is 0.208. The number of alkyl halides is 1. The molecule has 4 aromatic heterocycles. The van der Waals surface area contributed by atoms with Gasteiger partial charge in [0, 0.05) is 42.7 Å². The number of pyridine rings is 2. The zero-order valence-electron chi connectivity index (χ0n) is 42.8. The minimum absolute atomic E-state index is 0.00678. The number of rotatable bonds is 17. The van der Waals surface area contributed by atoms with E-state index in [0.29, 0.717) is 94.7 Å². The average Bonchev–Trinajstić information content (AvgIpc) is 3.95. The number of hydrogen-bond acceptors (Lipinski definition) is 16. The number of aromatic nitrogens is 6. The number of carbonyl (C=O) groups excluding carboxylic acids is 2. The van der Waals surface area contributed by atoms with E-state index in [1.165, 1.54) is 17.1 Å². The van der Waals surface area contributed by atoms with E-state index >= 15 is 0 Å². The molecular formula is C53H49BrCl2I3N11O9. The van der Waals surface area contributed by atoms with Crippen molar-refractivity contribution in [2.75, 3.05) is 61.0 Å². The summed E-state index contributed by atoms with van der Waals surface area (Å²) in [6, 6.07) is 31.3. The third kappa shape index (κ3) is 15.7. The summed E-state index contributed by atoms with van der Waals surface area (Å²) >= 11 is 20.5. The number of benzene rings is 4. The molecule has 4 aromatic carbocycles. The number of ether oxygens (including phenoxy) is 3. The van der Waals surface area contributed by atoms with Crippen molar-refractivity contribution in [3.05, 3.63) is 201 Å². The van der Waals surface area contributed by atoms with E-state index in [2.05, 4.69) is 88.9 Å². The Kier molecular flexibility index (Phi) is 21.8. The predicted molar refractivity (Wildman–Crippen MR) is 335 cm³/mol. The average molecular weight is 1520 g/mol. The first-order valence-corrected chi connectivity index (χ1v) is 39.9. The normalized spacial score (nSPS) is 12.0. The van der Waals surface area contributed by atoms with Gasteiger partial charge in [0.1, 0.15) is 33.3 Å². The summed E-state index contributed by atoms with van der Waals surface area (Å²) in [7, 11) is 3.17. The topological polar surface area (TPSA) is 237 Å². The van der Waals surface area contributed by atoms with Gasteiger partial charge in [-0.3, -0.25) is 39.2 Å². The van der Waals surface area contributed by atoms with Crippen molar-refractivity contribution >= 4 is 140 Å². The van der Waals surface area contributed by atoms with E-state index in [9.17, 15) is 29.8 Å². The molecule has 1 fully saturated rings. The number of morpholine rings is 1. The zero-order chi connectivity index (χ0) is 56.9. The van der Waals surface area contributed by atoms with Gasteiger partial charge < -0.3 is 29.7 Å². The Morgan fingerprint density at radius 2 is 1.09 bits per heavy atom. The van der Waals surface area contributed by atoms with Gasteiger partial charge in [-0.2, -0.15) is 0 Å². The van der Waals surface area contributed by atoms with Crippen LogP contribution in [0.2, 0.25) is 10.0 Å². The standard InChI is InChI=1S/C28H27ClN6O5.C24H19BrClN5O4.CH3I3/c1-18-26(35(37)38)28(32-34(18)17-19-7-9-20(39-2)10-8-19)31-24-15-25(33-11-13-40-14-12-33)30-16-22(24)27(36)21-5-3-4-6-23(21)29;1-14-22(31(33)34)24(29-30(14)13-15-7-9-16(35-2)10-8-15)28-20-11-21(25)27-12-18(20)23(32)17-5-3-4-6-19(17)26;1-4(2)3/h3-10,15-16H,11-14,17H2,1-2H3,(H,30,31,32);3-12H,13H2,1-2H3,(H,27,28,29);1H3. The predicted octanol–water partition coefficient (Wildman–Crippen LogP) is 13.8. The van der Waals surface area contributed by atoms with E-state index in [1.807, 2.05) is 53.4 Å². The third-order valence-corrected chi connectivity index (χ3v) is 13.1. The quantitative estimate of drug-likeness (QED) is 0.0215. The van der Waals surface area contributed by atoms with Crippen molar-refractivity contribution in [1.82, 2.24) is 29.5 Å². The Morgan fingerprint density at radius 3 is 1.49 bits per heavy atom. The van der Waals surface area contributed by atoms with Crippen LogP contribution < -0.4 is 25.0 Å². The van der Waals surface area contributed by atoms with Crippen LogP contribution in [0.15, 0.2) is 126 Å². The van der Waals surface area contributed by atoms with Crippen molar-refractivity contribution in [1.29, 1.82) is 0 Å². The van der Waals surface area contributed by atoms with E-state index in [4.69, 9.17) is 37.4 Å². The number of carbonyl (C=O) groups is 2. The fourth-order valence-corrected chi connectivity index (χ4v) is 8.81. The van der Waals surface area contributed by atoms with Gasteiger partial charge in [0.25, 0.3) is 0 Å². The van der Waals surface area contributed by atoms with Gasteiger partial charge in [0.15, 0.2) is 11.6 Å². The number of methoxy groups -OCH3 is 2. The minimum Gasteiger partial charge on any atom is -0.497 e. The van der Waals surface area contributed by atoms with Gasteiger partial charge in [-0.1, -0.05) is 71.7 Å². The number of halogens is 6. The Labute approximate surface area is 499 Å². The van der Waals surface area contributed by atoms with E-state index in [1.54, 1.807) is 93.4 Å². The summed E-state index contributed by atoms with van der Waals surface area (Å²) in [5.41, 5.74) is 3.75. The molecule has 0 saturated carbocycles. The van der Waals surface area contributed by atoms with E-state index < -0.39 is 9.85 Å². The number of anilines is 5. The molecule has 0 amide bonds. The molecule has 412 valence electrons. The van der Waals surface area contributed by atoms with Crippen molar-refractivity contribution in [3.8, 4) is 11.5 Å². The molecule has 0 radical (unpaired) electrons. The number of nitro groups is 2. The molecule has 0 spiro atoms. The molecule has 0 aliphatic carbocycles. The maximum atomic E-state index is 13.6. The molecule has 79 heavy (non-hydrogen) atoms. The van der Waals surface area contributed by atoms with Crippen molar-refractivity contribution in [3.63, 3.8) is 0 Å². The van der Waals surface area contributed by atoms with Crippen LogP contribution in [0.5, 0.6) is 11.5 Å². The van der Waals surface area contributed by atoms with Crippen LogP contribution in [-0.2, 0) is 17.8 Å². The molecule has 0 bridgehead atoms. The number of ketones is 2. The largest absolute Gasteiger partial charge is 0.497 e. The summed E-state index contributed by atoms with van der Waals surface area (Å²) in [6.07, 6.45) is 2.84. The van der Waals surface area contributed by atoms with Gasteiger partial charge in [-0.25, -0.2) is 9.97 Å². The Bertz CT molecular complexity index is 3490. The van der Waals surface area contributed by atoms with Crippen LogP contribution in [0.25, 0.3) is 0 Å². The second-order valence-corrected chi connectivity index (χ2v) is 47.5. The SMILES string of the molecule is CI(I)I.COc1ccc(Cn2nc(Nc3cc(Br)ncc3C(=O)c3ccccc3Cl)c([N+](=O)[O-])c2C)cc1.COc1ccc(Cn2nc(Nc3cc(N4CCOCC4)ncc3C(=O)c3ccccc3Cl)c([N+](=O)[O-])c2C)cc1. The molecular weight excluding hydrogens is 1470 g/mol. The van der Waals surface area contributed by atoms with Crippen molar-refractivity contribution in [2.24, 2.45) is 0 Å². The molecule has 1 aliphatic heterocycles. The van der Waals surface area contributed by atoms with E-state index in [-0.39, 0.29) is 68.2 Å². The Morgan fingerprint density at radius 1 is 0.684 bits per heavy atom. The monoisotopic (exact) mass is 1510 g/mol. The molecule has 0 unspecified atom stereocenters. The smallest absolute Gasteiger partial charge is 0.334 e. The van der Waals surface area contributed by atoms with Crippen molar-refractivity contribution < 1.29 is 33.6 Å².